The molecule has 1 aromatic rings. The van der Waals surface area contributed by atoms with Crippen molar-refractivity contribution in [3.8, 4) is 6.07 Å². The van der Waals surface area contributed by atoms with Gasteiger partial charge in [-0.1, -0.05) is 24.3 Å². The van der Waals surface area contributed by atoms with Crippen LogP contribution >= 0.6 is 0 Å². The minimum atomic E-state index is -0.571. The van der Waals surface area contributed by atoms with Crippen LogP contribution in [0.25, 0.3) is 0 Å². The Morgan fingerprint density at radius 2 is 2.06 bits per heavy atom. The summed E-state index contributed by atoms with van der Waals surface area (Å²) in [6, 6.07) is 9.65. The first-order valence-corrected chi connectivity index (χ1v) is 5.51. The van der Waals surface area contributed by atoms with Crippen molar-refractivity contribution < 1.29 is 14.6 Å². The third-order valence-electron chi connectivity index (χ3n) is 2.30. The van der Waals surface area contributed by atoms with E-state index in [4.69, 9.17) is 19.8 Å². The molecule has 92 valence electrons. The first-order valence-electron chi connectivity index (χ1n) is 5.51. The van der Waals surface area contributed by atoms with Crippen LogP contribution < -0.4 is 0 Å². The molecule has 0 bridgehead atoms. The van der Waals surface area contributed by atoms with Crippen LogP contribution in [0.3, 0.4) is 0 Å². The Hall–Kier alpha value is -1.41. The number of aliphatic hydroxyl groups excluding tert-OH is 1. The lowest BCUT2D eigenvalue weighted by Crippen LogP contribution is -2.05. The molecule has 0 aromatic heterocycles. The van der Waals surface area contributed by atoms with E-state index in [0.717, 1.165) is 11.1 Å². The van der Waals surface area contributed by atoms with Gasteiger partial charge in [0.15, 0.2) is 6.10 Å². The Balaban J connectivity index is 2.59. The first kappa shape index (κ1) is 13.7. The average Bonchev–Trinajstić information content (AvgIpc) is 2.36. The standard InChI is InChI=1S/C13H17NO3/c1-16-10-11-3-5-12(6-4-11)13(9-14)17-8-2-7-15/h3-6,13,15H,2,7-8,10H2,1H3. The maximum atomic E-state index is 8.99. The highest BCUT2D eigenvalue weighted by molar-refractivity contribution is 5.26. The first-order chi connectivity index (χ1) is 8.31. The Kier molecular flexibility index (Phi) is 6.26. The van der Waals surface area contributed by atoms with Gasteiger partial charge in [-0.3, -0.25) is 0 Å². The lowest BCUT2D eigenvalue weighted by atomic mass is 10.1. The normalized spacial score (nSPS) is 12.1. The fourth-order valence-electron chi connectivity index (χ4n) is 1.43. The van der Waals surface area contributed by atoms with E-state index in [1.54, 1.807) is 7.11 Å². The summed E-state index contributed by atoms with van der Waals surface area (Å²) in [5, 5.41) is 17.6. The fourth-order valence-corrected chi connectivity index (χ4v) is 1.43. The summed E-state index contributed by atoms with van der Waals surface area (Å²) in [5.74, 6) is 0. The molecule has 4 nitrogen and oxygen atoms in total. The number of benzene rings is 1. The highest BCUT2D eigenvalue weighted by Crippen LogP contribution is 2.17. The van der Waals surface area contributed by atoms with Crippen molar-refractivity contribution in [3.63, 3.8) is 0 Å². The van der Waals surface area contributed by atoms with Gasteiger partial charge in [-0.2, -0.15) is 5.26 Å². The van der Waals surface area contributed by atoms with Gasteiger partial charge in [-0.05, 0) is 17.5 Å². The molecule has 1 unspecified atom stereocenters. The second kappa shape index (κ2) is 7.80. The van der Waals surface area contributed by atoms with Gasteiger partial charge < -0.3 is 14.6 Å². The molecule has 1 aromatic carbocycles. The van der Waals surface area contributed by atoms with E-state index in [-0.39, 0.29) is 6.61 Å². The molecule has 4 heteroatoms. The zero-order chi connectivity index (χ0) is 12.5. The topological polar surface area (TPSA) is 62.5 Å². The molecular weight excluding hydrogens is 218 g/mol. The summed E-state index contributed by atoms with van der Waals surface area (Å²) >= 11 is 0. The van der Waals surface area contributed by atoms with Gasteiger partial charge in [0.1, 0.15) is 0 Å². The molecule has 0 saturated heterocycles. The van der Waals surface area contributed by atoms with Crippen molar-refractivity contribution in [3.05, 3.63) is 35.4 Å². The molecule has 0 radical (unpaired) electrons. The molecule has 0 aliphatic heterocycles. The number of ether oxygens (including phenoxy) is 2. The van der Waals surface area contributed by atoms with Gasteiger partial charge in [0.2, 0.25) is 0 Å². The van der Waals surface area contributed by atoms with Crippen molar-refractivity contribution in [1.29, 1.82) is 5.26 Å². The van der Waals surface area contributed by atoms with Crippen molar-refractivity contribution in [2.24, 2.45) is 0 Å². The highest BCUT2D eigenvalue weighted by Gasteiger charge is 2.10. The monoisotopic (exact) mass is 235 g/mol. The van der Waals surface area contributed by atoms with E-state index in [0.29, 0.717) is 19.6 Å². The van der Waals surface area contributed by atoms with Crippen LogP contribution in [-0.2, 0) is 16.1 Å². The molecule has 0 saturated carbocycles. The number of hydrogen-bond acceptors (Lipinski definition) is 4. The predicted molar refractivity (Wildman–Crippen MR) is 63.2 cm³/mol. The van der Waals surface area contributed by atoms with Crippen molar-refractivity contribution >= 4 is 0 Å². The zero-order valence-corrected chi connectivity index (χ0v) is 9.93. The number of methoxy groups -OCH3 is 1. The molecule has 0 aliphatic carbocycles. The molecule has 1 rings (SSSR count). The highest BCUT2D eigenvalue weighted by atomic mass is 16.5. The summed E-state index contributed by atoms with van der Waals surface area (Å²) in [5.41, 5.74) is 1.88. The third-order valence-corrected chi connectivity index (χ3v) is 2.30. The van der Waals surface area contributed by atoms with Crippen molar-refractivity contribution in [2.45, 2.75) is 19.1 Å². The fraction of sp³-hybridized carbons (Fsp3) is 0.462. The van der Waals surface area contributed by atoms with Crippen molar-refractivity contribution in [1.82, 2.24) is 0 Å². The van der Waals surface area contributed by atoms with Crippen LogP contribution in [0.5, 0.6) is 0 Å². The zero-order valence-electron chi connectivity index (χ0n) is 9.93. The Bertz CT molecular complexity index is 356. The van der Waals surface area contributed by atoms with Gasteiger partial charge in [-0.25, -0.2) is 0 Å². The predicted octanol–water partition coefficient (Wildman–Crippen LogP) is 1.80. The molecule has 0 fully saturated rings. The Labute approximate surface area is 101 Å². The van der Waals surface area contributed by atoms with Crippen LogP contribution in [0.2, 0.25) is 0 Å². The van der Waals surface area contributed by atoms with E-state index in [2.05, 4.69) is 6.07 Å². The molecular formula is C13H17NO3. The lowest BCUT2D eigenvalue weighted by molar-refractivity contribution is 0.0773. The number of rotatable bonds is 7. The number of nitriles is 1. The van der Waals surface area contributed by atoms with E-state index >= 15 is 0 Å². The Morgan fingerprint density at radius 1 is 1.35 bits per heavy atom. The quantitative estimate of drug-likeness (QED) is 0.732. The van der Waals surface area contributed by atoms with E-state index in [1.807, 2.05) is 24.3 Å². The van der Waals surface area contributed by atoms with Gasteiger partial charge in [0.25, 0.3) is 0 Å². The van der Waals surface area contributed by atoms with Crippen molar-refractivity contribution in [2.75, 3.05) is 20.3 Å². The number of hydrogen-bond donors (Lipinski definition) is 1. The molecule has 0 amide bonds. The largest absolute Gasteiger partial charge is 0.396 e. The SMILES string of the molecule is COCc1ccc(C(C#N)OCCCO)cc1. The molecule has 1 N–H and O–H groups in total. The number of nitrogens with zero attached hydrogens (tertiary/aromatic N) is 1. The van der Waals surface area contributed by atoms with Crippen LogP contribution in [-0.4, -0.2) is 25.4 Å². The van der Waals surface area contributed by atoms with Crippen LogP contribution in [0.1, 0.15) is 23.7 Å². The van der Waals surface area contributed by atoms with Gasteiger partial charge >= 0.3 is 0 Å². The lowest BCUT2D eigenvalue weighted by Gasteiger charge is -2.11. The van der Waals surface area contributed by atoms with E-state index in [9.17, 15) is 0 Å². The number of aliphatic hydroxyl groups is 1. The third kappa shape index (κ3) is 4.53. The van der Waals surface area contributed by atoms with Crippen LogP contribution in [0, 0.1) is 11.3 Å². The smallest absolute Gasteiger partial charge is 0.169 e. The Morgan fingerprint density at radius 3 is 2.59 bits per heavy atom. The molecule has 0 aliphatic rings. The molecule has 1 atom stereocenters. The maximum Gasteiger partial charge on any atom is 0.169 e. The molecule has 0 heterocycles. The van der Waals surface area contributed by atoms with Gasteiger partial charge in [0, 0.05) is 13.7 Å². The average molecular weight is 235 g/mol. The maximum absolute atomic E-state index is 8.99. The van der Waals surface area contributed by atoms with E-state index < -0.39 is 6.10 Å². The summed E-state index contributed by atoms with van der Waals surface area (Å²) in [6.07, 6.45) is -0.0296. The van der Waals surface area contributed by atoms with Crippen LogP contribution in [0.4, 0.5) is 0 Å². The second-order valence-corrected chi connectivity index (χ2v) is 3.63. The minimum absolute atomic E-state index is 0.0743. The summed E-state index contributed by atoms with van der Waals surface area (Å²) in [6.45, 7) is 1.02. The molecule has 0 spiro atoms. The summed E-state index contributed by atoms with van der Waals surface area (Å²) < 4.78 is 10.4. The van der Waals surface area contributed by atoms with Gasteiger partial charge in [0.05, 0.1) is 19.3 Å². The summed E-state index contributed by atoms with van der Waals surface area (Å²) in [4.78, 5) is 0. The van der Waals surface area contributed by atoms with Gasteiger partial charge in [-0.15, -0.1) is 0 Å². The van der Waals surface area contributed by atoms with Crippen LogP contribution in [0.15, 0.2) is 24.3 Å². The molecule has 17 heavy (non-hydrogen) atoms. The minimum Gasteiger partial charge on any atom is -0.396 e. The summed E-state index contributed by atoms with van der Waals surface area (Å²) in [7, 11) is 1.64. The van der Waals surface area contributed by atoms with E-state index in [1.165, 1.54) is 0 Å². The second-order valence-electron chi connectivity index (χ2n) is 3.63.